The van der Waals surface area contributed by atoms with Crippen LogP contribution in [0.15, 0.2) is 12.2 Å². The number of hydrogen-bond donors (Lipinski definition) is 0. The zero-order valence-corrected chi connectivity index (χ0v) is 10.3. The lowest BCUT2D eigenvalue weighted by Crippen LogP contribution is -2.50. The minimum atomic E-state index is -0.101. The van der Waals surface area contributed by atoms with Crippen LogP contribution in [0.5, 0.6) is 0 Å². The lowest BCUT2D eigenvalue weighted by molar-refractivity contribution is -0.147. The van der Waals surface area contributed by atoms with Crippen molar-refractivity contribution in [1.82, 2.24) is 0 Å². The summed E-state index contributed by atoms with van der Waals surface area (Å²) in [4.78, 5) is 12.5. The van der Waals surface area contributed by atoms with Crippen molar-refractivity contribution in [3.63, 3.8) is 0 Å². The maximum atomic E-state index is 12.5. The molecule has 3 unspecified atom stereocenters. The Balaban J connectivity index is 2.38. The molecule has 1 heteroatoms. The van der Waals surface area contributed by atoms with Gasteiger partial charge in [-0.25, -0.2) is 0 Å². The molecule has 0 aromatic heterocycles. The van der Waals surface area contributed by atoms with Gasteiger partial charge in [-0.2, -0.15) is 0 Å². The van der Waals surface area contributed by atoms with Crippen LogP contribution in [0.25, 0.3) is 0 Å². The second-order valence-corrected chi connectivity index (χ2v) is 6.27. The van der Waals surface area contributed by atoms with Crippen LogP contribution in [0, 0.1) is 22.7 Å². The molecule has 0 N–H and O–H groups in total. The maximum absolute atomic E-state index is 12.5. The van der Waals surface area contributed by atoms with Crippen molar-refractivity contribution in [3.8, 4) is 0 Å². The van der Waals surface area contributed by atoms with E-state index in [-0.39, 0.29) is 10.8 Å². The number of rotatable bonds is 0. The molecule has 0 aromatic carbocycles. The van der Waals surface area contributed by atoms with Gasteiger partial charge >= 0.3 is 0 Å². The Morgan fingerprint density at radius 2 is 2.00 bits per heavy atom. The van der Waals surface area contributed by atoms with Gasteiger partial charge < -0.3 is 0 Å². The van der Waals surface area contributed by atoms with E-state index < -0.39 is 0 Å². The van der Waals surface area contributed by atoms with Crippen LogP contribution in [0.4, 0.5) is 0 Å². The average Bonchev–Trinajstić information content (AvgIpc) is 2.14. The van der Waals surface area contributed by atoms with Gasteiger partial charge in [0.15, 0.2) is 0 Å². The first-order valence-electron chi connectivity index (χ1n) is 6.09. The van der Waals surface area contributed by atoms with Gasteiger partial charge in [0.25, 0.3) is 0 Å². The van der Waals surface area contributed by atoms with E-state index in [0.717, 1.165) is 12.8 Å². The Kier molecular flexibility index (Phi) is 2.33. The summed E-state index contributed by atoms with van der Waals surface area (Å²) in [5.74, 6) is 1.63. The number of allylic oxidation sites excluding steroid dienone is 2. The number of fused-ring (bicyclic) bond motifs is 1. The van der Waals surface area contributed by atoms with Crippen LogP contribution in [-0.2, 0) is 4.79 Å². The Morgan fingerprint density at radius 3 is 2.67 bits per heavy atom. The molecule has 0 aliphatic heterocycles. The van der Waals surface area contributed by atoms with E-state index in [1.54, 1.807) is 0 Å². The van der Waals surface area contributed by atoms with E-state index >= 15 is 0 Å². The van der Waals surface area contributed by atoms with Gasteiger partial charge in [0, 0.05) is 10.8 Å². The fraction of sp³-hybridized carbons (Fsp3) is 0.786. The molecular weight excluding hydrogens is 184 g/mol. The third-order valence-corrected chi connectivity index (χ3v) is 4.65. The molecule has 1 fully saturated rings. The second kappa shape index (κ2) is 3.20. The molecule has 1 saturated carbocycles. The monoisotopic (exact) mass is 206 g/mol. The van der Waals surface area contributed by atoms with Crippen molar-refractivity contribution in [2.75, 3.05) is 0 Å². The Bertz CT molecular complexity index is 313. The van der Waals surface area contributed by atoms with Crippen LogP contribution in [-0.4, -0.2) is 5.78 Å². The third-order valence-electron chi connectivity index (χ3n) is 4.65. The van der Waals surface area contributed by atoms with Crippen molar-refractivity contribution in [2.24, 2.45) is 22.7 Å². The van der Waals surface area contributed by atoms with Crippen molar-refractivity contribution in [2.45, 2.75) is 47.0 Å². The Labute approximate surface area is 92.9 Å². The van der Waals surface area contributed by atoms with Crippen molar-refractivity contribution < 1.29 is 4.79 Å². The first kappa shape index (κ1) is 10.9. The van der Waals surface area contributed by atoms with Gasteiger partial charge in [-0.05, 0) is 31.1 Å². The fourth-order valence-corrected chi connectivity index (χ4v) is 3.64. The zero-order valence-electron chi connectivity index (χ0n) is 10.3. The van der Waals surface area contributed by atoms with Crippen molar-refractivity contribution in [1.29, 1.82) is 0 Å². The van der Waals surface area contributed by atoms with Gasteiger partial charge in [0.05, 0.1) is 0 Å². The van der Waals surface area contributed by atoms with Crippen LogP contribution >= 0.6 is 0 Å². The smallest absolute Gasteiger partial charge is 0.144 e. The standard InChI is InChI=1S/C14H22O/c1-10-6-5-8-14(4)11(10)7-9-13(2,3)12(14)15/h5-6,10-11H,7-9H2,1-4H3. The Morgan fingerprint density at radius 1 is 1.33 bits per heavy atom. The first-order valence-corrected chi connectivity index (χ1v) is 6.09. The van der Waals surface area contributed by atoms with Crippen LogP contribution < -0.4 is 0 Å². The lowest BCUT2D eigenvalue weighted by Gasteiger charge is -2.50. The van der Waals surface area contributed by atoms with E-state index in [2.05, 4.69) is 39.8 Å². The van der Waals surface area contributed by atoms with Crippen molar-refractivity contribution >= 4 is 5.78 Å². The summed E-state index contributed by atoms with van der Waals surface area (Å²) >= 11 is 0. The summed E-state index contributed by atoms with van der Waals surface area (Å²) in [6, 6.07) is 0. The summed E-state index contributed by atoms with van der Waals surface area (Å²) in [5.41, 5.74) is -0.188. The number of ketones is 1. The quantitative estimate of drug-likeness (QED) is 0.553. The highest BCUT2D eigenvalue weighted by Crippen LogP contribution is 2.53. The molecule has 2 aliphatic carbocycles. The molecule has 84 valence electrons. The molecule has 0 aromatic rings. The van der Waals surface area contributed by atoms with Gasteiger partial charge in [0.2, 0.25) is 0 Å². The fourth-order valence-electron chi connectivity index (χ4n) is 3.64. The molecule has 0 saturated heterocycles. The highest BCUT2D eigenvalue weighted by molar-refractivity contribution is 5.90. The minimum absolute atomic E-state index is 0.0874. The highest BCUT2D eigenvalue weighted by Gasteiger charge is 2.52. The molecule has 0 amide bonds. The van der Waals surface area contributed by atoms with E-state index in [0.29, 0.717) is 17.6 Å². The summed E-state index contributed by atoms with van der Waals surface area (Å²) in [5, 5.41) is 0. The largest absolute Gasteiger partial charge is 0.298 e. The molecule has 0 heterocycles. The van der Waals surface area contributed by atoms with Gasteiger partial charge in [-0.3, -0.25) is 4.79 Å². The summed E-state index contributed by atoms with van der Waals surface area (Å²) < 4.78 is 0. The molecule has 0 radical (unpaired) electrons. The molecule has 0 bridgehead atoms. The highest BCUT2D eigenvalue weighted by atomic mass is 16.1. The van der Waals surface area contributed by atoms with Gasteiger partial charge in [-0.1, -0.05) is 39.8 Å². The normalized spacial score (nSPS) is 43.9. The molecular formula is C14H22O. The molecule has 2 rings (SSSR count). The van der Waals surface area contributed by atoms with E-state index in [4.69, 9.17) is 0 Å². The van der Waals surface area contributed by atoms with Crippen molar-refractivity contribution in [3.05, 3.63) is 12.2 Å². The van der Waals surface area contributed by atoms with Gasteiger partial charge in [0.1, 0.15) is 5.78 Å². The average molecular weight is 206 g/mol. The van der Waals surface area contributed by atoms with E-state index in [1.165, 1.54) is 6.42 Å². The first-order chi connectivity index (χ1) is 6.88. The topological polar surface area (TPSA) is 17.1 Å². The number of Topliss-reactive ketones (excluding diaryl/α,β-unsaturated/α-hetero) is 1. The van der Waals surface area contributed by atoms with Crippen LogP contribution in [0.3, 0.4) is 0 Å². The van der Waals surface area contributed by atoms with E-state index in [9.17, 15) is 4.79 Å². The lowest BCUT2D eigenvalue weighted by atomic mass is 9.53. The van der Waals surface area contributed by atoms with Crippen LogP contribution in [0.2, 0.25) is 0 Å². The predicted molar refractivity (Wildman–Crippen MR) is 62.5 cm³/mol. The third kappa shape index (κ3) is 1.47. The maximum Gasteiger partial charge on any atom is 0.144 e. The van der Waals surface area contributed by atoms with E-state index in [1.807, 2.05) is 0 Å². The minimum Gasteiger partial charge on any atom is -0.298 e. The number of carbonyl (C=O) groups is 1. The molecule has 0 spiro atoms. The molecule has 3 atom stereocenters. The zero-order chi connectivity index (χ0) is 11.3. The SMILES string of the molecule is CC1C=CCC2(C)C(=O)C(C)(C)CCC12. The second-order valence-electron chi connectivity index (χ2n) is 6.27. The van der Waals surface area contributed by atoms with Crippen LogP contribution in [0.1, 0.15) is 47.0 Å². The number of hydrogen-bond acceptors (Lipinski definition) is 1. The number of carbonyl (C=O) groups excluding carboxylic acids is 1. The summed E-state index contributed by atoms with van der Waals surface area (Å²) in [6.07, 6.45) is 7.72. The predicted octanol–water partition coefficient (Wildman–Crippen LogP) is 3.59. The molecule has 15 heavy (non-hydrogen) atoms. The summed E-state index contributed by atoms with van der Waals surface area (Å²) in [6.45, 7) is 8.66. The summed E-state index contributed by atoms with van der Waals surface area (Å²) in [7, 11) is 0. The molecule has 2 aliphatic rings. The molecule has 1 nitrogen and oxygen atoms in total. The Hall–Kier alpha value is -0.590. The van der Waals surface area contributed by atoms with Gasteiger partial charge in [-0.15, -0.1) is 0 Å².